The molecule has 14 heavy (non-hydrogen) atoms. The minimum Gasteiger partial charge on any atom is -0.550 e. The molecule has 1 fully saturated rings. The van der Waals surface area contributed by atoms with Crippen molar-refractivity contribution in [3.8, 4) is 0 Å². The van der Waals surface area contributed by atoms with Crippen molar-refractivity contribution >= 4 is 5.97 Å². The Bertz CT molecular complexity index is 146. The monoisotopic (exact) mass is 388 g/mol. The van der Waals surface area contributed by atoms with E-state index in [1.807, 2.05) is 0 Å². The second kappa shape index (κ2) is 9.90. The molecule has 1 rings (SSSR count). The summed E-state index contributed by atoms with van der Waals surface area (Å²) in [6.45, 7) is 3.23. The molecule has 0 aromatic rings. The normalized spacial score (nSPS) is 25.4. The van der Waals surface area contributed by atoms with Crippen LogP contribution in [0.3, 0.4) is 0 Å². The zero-order valence-corrected chi connectivity index (χ0v) is 14.8. The fraction of sp³-hybridized carbons (Fsp3) is 0.800. The van der Waals surface area contributed by atoms with Crippen LogP contribution in [0, 0.1) is 12.3 Å². The molecule has 2 radical (unpaired) electrons. The Morgan fingerprint density at radius 1 is 1.50 bits per heavy atom. The average molecular weight is 387 g/mol. The Labute approximate surface area is 107 Å². The van der Waals surface area contributed by atoms with Crippen LogP contribution in [0.5, 0.6) is 0 Å². The van der Waals surface area contributed by atoms with E-state index in [0.29, 0.717) is 6.10 Å². The quantitative estimate of drug-likeness (QED) is 0.626. The number of carbonyl (C=O) groups is 1. The summed E-state index contributed by atoms with van der Waals surface area (Å²) >= 11 is 0. The molecule has 1 saturated carbocycles. The molecule has 3 nitrogen and oxygen atoms in total. The maximum Gasteiger partial charge on any atom is 1.00 e. The van der Waals surface area contributed by atoms with Gasteiger partial charge in [-0.2, -0.15) is 0 Å². The van der Waals surface area contributed by atoms with E-state index in [-0.39, 0.29) is 27.7 Å². The van der Waals surface area contributed by atoms with E-state index in [1.165, 1.54) is 19.3 Å². The zero-order chi connectivity index (χ0) is 10.3. The first kappa shape index (κ1) is 16.8. The van der Waals surface area contributed by atoms with Crippen LogP contribution in [0.4, 0.5) is 0 Å². The van der Waals surface area contributed by atoms with E-state index >= 15 is 0 Å². The molecule has 0 heterocycles. The fourth-order valence-electron chi connectivity index (χ4n) is 1.40. The number of carboxylic acid groups (broad SMARTS) is 1. The van der Waals surface area contributed by atoms with Crippen molar-refractivity contribution < 1.29 is 42.3 Å². The van der Waals surface area contributed by atoms with Crippen LogP contribution in [0.25, 0.3) is 0 Å². The fourth-order valence-corrected chi connectivity index (χ4v) is 1.40. The number of methoxy groups -OCH3 is 1. The standard InChI is InChI=1S/C8H15O.C2H4O2.Hg/c1-7-4-3-5-8(6-7)9-2;1-2(3)4;/h6-8H,3-5H2,1-2H3;1H3,(H,3,4);/q;;+1/p-1/t7-,8-;;/m0../s1. The van der Waals surface area contributed by atoms with E-state index in [9.17, 15) is 0 Å². The number of rotatable bonds is 1. The van der Waals surface area contributed by atoms with Gasteiger partial charge in [-0.05, 0) is 25.7 Å². The van der Waals surface area contributed by atoms with Crippen LogP contribution in [-0.4, -0.2) is 19.2 Å². The van der Waals surface area contributed by atoms with Crippen molar-refractivity contribution in [1.29, 1.82) is 0 Å². The summed E-state index contributed by atoms with van der Waals surface area (Å²) in [6, 6.07) is 0. The minimum absolute atomic E-state index is 0. The first-order chi connectivity index (χ1) is 6.06. The third-order valence-corrected chi connectivity index (χ3v) is 1.99. The van der Waals surface area contributed by atoms with E-state index < -0.39 is 5.97 Å². The van der Waals surface area contributed by atoms with Crippen molar-refractivity contribution in [3.05, 3.63) is 6.42 Å². The Morgan fingerprint density at radius 3 is 2.29 bits per heavy atom. The number of hydrogen-bond donors (Lipinski definition) is 0. The van der Waals surface area contributed by atoms with E-state index in [0.717, 1.165) is 12.8 Å². The van der Waals surface area contributed by atoms with Gasteiger partial charge in [0.1, 0.15) is 0 Å². The van der Waals surface area contributed by atoms with Gasteiger partial charge in [-0.3, -0.25) is 0 Å². The van der Waals surface area contributed by atoms with E-state index in [1.54, 1.807) is 7.11 Å². The Hall–Kier alpha value is 0.365. The molecule has 78 valence electrons. The van der Waals surface area contributed by atoms with Gasteiger partial charge in [-0.1, -0.05) is 19.8 Å². The summed E-state index contributed by atoms with van der Waals surface area (Å²) in [6.07, 6.45) is 6.65. The minimum atomic E-state index is -1.08. The summed E-state index contributed by atoms with van der Waals surface area (Å²) in [4.78, 5) is 8.89. The molecule has 0 bridgehead atoms. The van der Waals surface area contributed by atoms with Gasteiger partial charge in [0.25, 0.3) is 0 Å². The first-order valence-corrected chi connectivity index (χ1v) is 4.61. The third-order valence-electron chi connectivity index (χ3n) is 1.99. The molecule has 0 aromatic heterocycles. The van der Waals surface area contributed by atoms with Gasteiger partial charge in [-0.25, -0.2) is 0 Å². The summed E-state index contributed by atoms with van der Waals surface area (Å²) in [7, 11) is 1.79. The molecule has 0 amide bonds. The van der Waals surface area contributed by atoms with E-state index in [4.69, 9.17) is 14.6 Å². The van der Waals surface area contributed by atoms with Crippen LogP contribution in [0.2, 0.25) is 0 Å². The predicted octanol–water partition coefficient (Wildman–Crippen LogP) is 0.779. The average Bonchev–Trinajstić information content (AvgIpc) is 2.03. The Morgan fingerprint density at radius 2 is 2.00 bits per heavy atom. The molecule has 0 saturated heterocycles. The van der Waals surface area contributed by atoms with Crippen LogP contribution in [-0.2, 0) is 37.2 Å². The molecule has 4 heteroatoms. The second-order valence-electron chi connectivity index (χ2n) is 3.37. The maximum absolute atomic E-state index is 8.89. The Balaban J connectivity index is 0. The van der Waals surface area contributed by atoms with Gasteiger partial charge in [0, 0.05) is 13.1 Å². The van der Waals surface area contributed by atoms with Crippen LogP contribution in [0.15, 0.2) is 0 Å². The van der Waals surface area contributed by atoms with Gasteiger partial charge in [-0.15, -0.1) is 0 Å². The van der Waals surface area contributed by atoms with Gasteiger partial charge in [0.2, 0.25) is 0 Å². The topological polar surface area (TPSA) is 49.4 Å². The molecule has 2 atom stereocenters. The summed E-state index contributed by atoms with van der Waals surface area (Å²) < 4.78 is 5.21. The summed E-state index contributed by atoms with van der Waals surface area (Å²) in [5.41, 5.74) is 0. The second-order valence-corrected chi connectivity index (χ2v) is 3.37. The number of hydrogen-bond acceptors (Lipinski definition) is 3. The van der Waals surface area contributed by atoms with Crippen molar-refractivity contribution in [2.45, 2.75) is 39.2 Å². The van der Waals surface area contributed by atoms with Gasteiger partial charge in [0.05, 0.1) is 6.10 Å². The Kier molecular flexibility index (Phi) is 11.9. The number of carbonyl (C=O) groups excluding carboxylic acids is 1. The van der Waals surface area contributed by atoms with Crippen LogP contribution in [0.1, 0.15) is 33.1 Å². The molecule has 0 spiro atoms. The van der Waals surface area contributed by atoms with Crippen molar-refractivity contribution in [2.24, 2.45) is 5.92 Å². The summed E-state index contributed by atoms with van der Waals surface area (Å²) in [5.74, 6) is -0.316. The van der Waals surface area contributed by atoms with Crippen molar-refractivity contribution in [1.82, 2.24) is 0 Å². The molecule has 0 N–H and O–H groups in total. The molecule has 0 unspecified atom stereocenters. The van der Waals surface area contributed by atoms with Gasteiger partial charge < -0.3 is 14.6 Å². The molecular weight excluding hydrogens is 369 g/mol. The summed E-state index contributed by atoms with van der Waals surface area (Å²) in [5, 5.41) is 8.89. The third kappa shape index (κ3) is 10.4. The smallest absolute Gasteiger partial charge is 0.550 e. The molecule has 1 aliphatic carbocycles. The van der Waals surface area contributed by atoms with E-state index in [2.05, 4.69) is 13.3 Å². The van der Waals surface area contributed by atoms with Gasteiger partial charge >= 0.3 is 27.7 Å². The predicted molar refractivity (Wildman–Crippen MR) is 48.8 cm³/mol. The molecule has 1 aliphatic rings. The molecule has 0 aromatic carbocycles. The number of aliphatic carboxylic acids is 1. The van der Waals surface area contributed by atoms with Crippen molar-refractivity contribution in [3.63, 3.8) is 0 Å². The largest absolute Gasteiger partial charge is 1.00 e. The van der Waals surface area contributed by atoms with Gasteiger partial charge in [0.15, 0.2) is 0 Å². The molecular formula is C10H18HgO3. The molecule has 0 aliphatic heterocycles. The number of ether oxygens (including phenoxy) is 1. The zero-order valence-electron chi connectivity index (χ0n) is 9.29. The van der Waals surface area contributed by atoms with Crippen LogP contribution < -0.4 is 5.11 Å². The van der Waals surface area contributed by atoms with Crippen LogP contribution >= 0.6 is 0 Å². The number of carboxylic acids is 1. The SMILES string of the molecule is CC(=O)[O-].CO[C@@H]1[CH][C@@H](C)CCC1.[Hg+]. The maximum atomic E-state index is 8.89. The van der Waals surface area contributed by atoms with Crippen molar-refractivity contribution in [2.75, 3.05) is 7.11 Å². The first-order valence-electron chi connectivity index (χ1n) is 4.61.